The molecule has 0 spiro atoms. The van der Waals surface area contributed by atoms with Crippen LogP contribution in [0.15, 0.2) is 0 Å². The van der Waals surface area contributed by atoms with Crippen LogP contribution < -0.4 is 0 Å². The fourth-order valence-electron chi connectivity index (χ4n) is 5.44. The molecule has 0 aromatic carbocycles. The maximum atomic E-state index is 12.3. The normalized spacial score (nSPS) is 44.0. The minimum atomic E-state index is -0.0284. The topological polar surface area (TPSA) is 77.7 Å². The Balaban J connectivity index is 0.961. The van der Waals surface area contributed by atoms with Gasteiger partial charge in [0.15, 0.2) is 0 Å². The van der Waals surface area contributed by atoms with Gasteiger partial charge in [-0.25, -0.2) is 0 Å². The maximum Gasteiger partial charge on any atom is 0.309 e. The molecule has 0 aromatic rings. The van der Waals surface area contributed by atoms with E-state index in [4.69, 9.17) is 18.9 Å². The summed E-state index contributed by atoms with van der Waals surface area (Å²) >= 11 is 0. The average Bonchev–Trinajstić information content (AvgIpc) is 3.63. The van der Waals surface area contributed by atoms with E-state index in [-0.39, 0.29) is 23.8 Å². The second kappa shape index (κ2) is 7.94. The summed E-state index contributed by atoms with van der Waals surface area (Å²) in [4.78, 5) is 24.6. The SMILES string of the molecule is O=C(OCC1CCC(COC(=O)C2CC[C@H]3OC3C2)CC1)C1CCC2OC2C1. The zero-order valence-corrected chi connectivity index (χ0v) is 16.6. The van der Waals surface area contributed by atoms with E-state index in [1.807, 2.05) is 0 Å². The predicted molar refractivity (Wildman–Crippen MR) is 99.4 cm³/mol. The second-order valence-corrected chi connectivity index (χ2v) is 9.59. The molecule has 28 heavy (non-hydrogen) atoms. The number of rotatable bonds is 6. The van der Waals surface area contributed by atoms with Gasteiger partial charge in [0.25, 0.3) is 0 Å². The van der Waals surface area contributed by atoms with Gasteiger partial charge in [0.2, 0.25) is 0 Å². The molecule has 0 radical (unpaired) electrons. The number of ether oxygens (including phenoxy) is 4. The average molecular weight is 392 g/mol. The van der Waals surface area contributed by atoms with Crippen LogP contribution in [0.4, 0.5) is 0 Å². The van der Waals surface area contributed by atoms with E-state index >= 15 is 0 Å². The predicted octanol–water partition coefficient (Wildman–Crippen LogP) is 3.01. The summed E-state index contributed by atoms with van der Waals surface area (Å²) in [5, 5.41) is 0. The lowest BCUT2D eigenvalue weighted by Crippen LogP contribution is -2.29. The summed E-state index contributed by atoms with van der Waals surface area (Å²) in [6.45, 7) is 1.09. The molecule has 5 aliphatic rings. The van der Waals surface area contributed by atoms with Crippen molar-refractivity contribution in [3.05, 3.63) is 0 Å². The lowest BCUT2D eigenvalue weighted by molar-refractivity contribution is -0.153. The van der Waals surface area contributed by atoms with Crippen LogP contribution in [-0.2, 0) is 28.5 Å². The Bertz CT molecular complexity index is 546. The smallest absolute Gasteiger partial charge is 0.309 e. The van der Waals surface area contributed by atoms with E-state index in [2.05, 4.69) is 0 Å². The fraction of sp³-hybridized carbons (Fsp3) is 0.909. The first-order chi connectivity index (χ1) is 13.7. The van der Waals surface area contributed by atoms with Gasteiger partial charge in [-0.2, -0.15) is 0 Å². The Morgan fingerprint density at radius 3 is 1.43 bits per heavy atom. The molecular weight excluding hydrogens is 360 g/mol. The number of hydrogen-bond donors (Lipinski definition) is 0. The van der Waals surface area contributed by atoms with Crippen LogP contribution in [0.1, 0.15) is 64.2 Å². The van der Waals surface area contributed by atoms with Crippen molar-refractivity contribution in [3.8, 4) is 0 Å². The highest BCUT2D eigenvalue weighted by molar-refractivity contribution is 5.73. The molecule has 0 bridgehead atoms. The summed E-state index contributed by atoms with van der Waals surface area (Å²) < 4.78 is 22.2. The molecule has 2 heterocycles. The number of epoxide rings is 2. The van der Waals surface area contributed by atoms with Crippen molar-refractivity contribution in [1.29, 1.82) is 0 Å². The lowest BCUT2D eigenvalue weighted by Gasteiger charge is -2.29. The quantitative estimate of drug-likeness (QED) is 0.511. The van der Waals surface area contributed by atoms with Gasteiger partial charge in [-0.3, -0.25) is 9.59 Å². The molecule has 0 amide bonds. The summed E-state index contributed by atoms with van der Waals surface area (Å²) in [6.07, 6.45) is 11.2. The van der Waals surface area contributed by atoms with Gasteiger partial charge in [0.1, 0.15) is 0 Å². The maximum absolute atomic E-state index is 12.3. The number of carbonyl (C=O) groups is 2. The Kier molecular flexibility index (Phi) is 5.35. The Morgan fingerprint density at radius 1 is 0.607 bits per heavy atom. The van der Waals surface area contributed by atoms with E-state index in [0.717, 1.165) is 64.2 Å². The number of esters is 2. The van der Waals surface area contributed by atoms with Crippen molar-refractivity contribution in [2.24, 2.45) is 23.7 Å². The summed E-state index contributed by atoms with van der Waals surface area (Å²) in [7, 11) is 0. The van der Waals surface area contributed by atoms with Crippen molar-refractivity contribution >= 4 is 11.9 Å². The third-order valence-electron chi connectivity index (χ3n) is 7.56. The minimum absolute atomic E-state index is 0.0284. The fourth-order valence-corrected chi connectivity index (χ4v) is 5.44. The first kappa shape index (κ1) is 18.9. The molecule has 5 unspecified atom stereocenters. The highest BCUT2D eigenvalue weighted by Crippen LogP contribution is 2.41. The summed E-state index contributed by atoms with van der Waals surface area (Å²) in [6, 6.07) is 0. The molecule has 2 aliphatic heterocycles. The largest absolute Gasteiger partial charge is 0.465 e. The molecule has 0 N–H and O–H groups in total. The van der Waals surface area contributed by atoms with Crippen LogP contribution in [0.25, 0.3) is 0 Å². The third-order valence-corrected chi connectivity index (χ3v) is 7.56. The van der Waals surface area contributed by atoms with Crippen LogP contribution >= 0.6 is 0 Å². The minimum Gasteiger partial charge on any atom is -0.465 e. The molecule has 6 nitrogen and oxygen atoms in total. The van der Waals surface area contributed by atoms with E-state index in [9.17, 15) is 9.59 Å². The van der Waals surface area contributed by atoms with Gasteiger partial charge in [0.05, 0.1) is 49.5 Å². The zero-order valence-electron chi connectivity index (χ0n) is 16.6. The van der Waals surface area contributed by atoms with Crippen LogP contribution in [0.2, 0.25) is 0 Å². The first-order valence-corrected chi connectivity index (χ1v) is 11.3. The van der Waals surface area contributed by atoms with Crippen LogP contribution in [-0.4, -0.2) is 49.6 Å². The highest BCUT2D eigenvalue weighted by atomic mass is 16.6. The number of hydrogen-bond acceptors (Lipinski definition) is 6. The Morgan fingerprint density at radius 2 is 1.04 bits per heavy atom. The monoisotopic (exact) mass is 392 g/mol. The zero-order chi connectivity index (χ0) is 19.1. The molecule has 3 saturated carbocycles. The van der Waals surface area contributed by atoms with Gasteiger partial charge in [-0.05, 0) is 76.0 Å². The van der Waals surface area contributed by atoms with Crippen molar-refractivity contribution in [1.82, 2.24) is 0 Å². The number of carbonyl (C=O) groups excluding carboxylic acids is 2. The van der Waals surface area contributed by atoms with E-state index in [1.165, 1.54) is 0 Å². The Labute approximate surface area is 166 Å². The van der Waals surface area contributed by atoms with Gasteiger partial charge in [0, 0.05) is 0 Å². The molecule has 0 aromatic heterocycles. The highest BCUT2D eigenvalue weighted by Gasteiger charge is 2.47. The third kappa shape index (κ3) is 4.38. The standard InChI is InChI=1S/C22H32O6/c23-21(15-5-7-17-19(9-15)27-17)25-11-13-1-2-14(4-3-13)12-26-22(24)16-6-8-18-20(10-16)28-18/h13-20H,1-12H2/t13?,14?,15?,16?,17-,18?,19?,20?/m1/s1. The molecule has 2 saturated heterocycles. The van der Waals surface area contributed by atoms with Crippen LogP contribution in [0.5, 0.6) is 0 Å². The van der Waals surface area contributed by atoms with E-state index in [0.29, 0.717) is 49.5 Å². The van der Waals surface area contributed by atoms with Gasteiger partial charge in [-0.1, -0.05) is 0 Å². The molecule has 6 heteroatoms. The van der Waals surface area contributed by atoms with Crippen molar-refractivity contribution in [3.63, 3.8) is 0 Å². The van der Waals surface area contributed by atoms with Crippen LogP contribution in [0.3, 0.4) is 0 Å². The lowest BCUT2D eigenvalue weighted by atomic mass is 9.82. The van der Waals surface area contributed by atoms with Gasteiger partial charge in [-0.15, -0.1) is 0 Å². The van der Waals surface area contributed by atoms with Crippen LogP contribution in [0, 0.1) is 23.7 Å². The van der Waals surface area contributed by atoms with Crippen molar-refractivity contribution in [2.45, 2.75) is 88.6 Å². The molecule has 3 aliphatic carbocycles. The summed E-state index contributed by atoms with van der Waals surface area (Å²) in [5.74, 6) is 0.920. The molecule has 156 valence electrons. The van der Waals surface area contributed by atoms with Gasteiger partial charge < -0.3 is 18.9 Å². The molecule has 5 fully saturated rings. The molecular formula is C22H32O6. The molecule has 6 atom stereocenters. The van der Waals surface area contributed by atoms with Gasteiger partial charge >= 0.3 is 11.9 Å². The van der Waals surface area contributed by atoms with E-state index < -0.39 is 0 Å². The van der Waals surface area contributed by atoms with Crippen molar-refractivity contribution in [2.75, 3.05) is 13.2 Å². The number of fused-ring (bicyclic) bond motifs is 2. The molecule has 5 rings (SSSR count). The van der Waals surface area contributed by atoms with Crippen molar-refractivity contribution < 1.29 is 28.5 Å². The second-order valence-electron chi connectivity index (χ2n) is 9.59. The van der Waals surface area contributed by atoms with E-state index in [1.54, 1.807) is 0 Å². The summed E-state index contributed by atoms with van der Waals surface area (Å²) in [5.41, 5.74) is 0. The first-order valence-electron chi connectivity index (χ1n) is 11.3. The Hall–Kier alpha value is -1.14.